The van der Waals surface area contributed by atoms with Crippen molar-refractivity contribution in [2.75, 3.05) is 6.61 Å². The molecule has 116 valence electrons. The van der Waals surface area contributed by atoms with Gasteiger partial charge in [0.15, 0.2) is 0 Å². The predicted molar refractivity (Wildman–Crippen MR) is 76.4 cm³/mol. The number of unbranched alkanes of at least 4 members (excludes halogenated alkanes) is 1. The molecule has 1 aromatic rings. The van der Waals surface area contributed by atoms with Crippen LogP contribution in [-0.2, 0) is 14.3 Å². The predicted octanol–water partition coefficient (Wildman–Crippen LogP) is 2.45. The van der Waals surface area contributed by atoms with Crippen LogP contribution in [0.25, 0.3) is 0 Å². The Kier molecular flexibility index (Phi) is 7.18. The van der Waals surface area contributed by atoms with Crippen LogP contribution in [0.2, 0.25) is 0 Å². The van der Waals surface area contributed by atoms with Gasteiger partial charge in [0.2, 0.25) is 0 Å². The molecule has 0 heterocycles. The van der Waals surface area contributed by atoms with E-state index in [1.807, 2.05) is 6.92 Å². The lowest BCUT2D eigenvalue weighted by molar-refractivity contribution is -0.191. The van der Waals surface area contributed by atoms with Crippen molar-refractivity contribution < 1.29 is 29.7 Å². The van der Waals surface area contributed by atoms with Gasteiger partial charge in [-0.2, -0.15) is 9.59 Å². The zero-order valence-corrected chi connectivity index (χ0v) is 12.1. The van der Waals surface area contributed by atoms with Crippen molar-refractivity contribution in [3.63, 3.8) is 0 Å². The molecule has 2 unspecified atom stereocenters. The summed E-state index contributed by atoms with van der Waals surface area (Å²) in [6, 6.07) is -0.461. The van der Waals surface area contributed by atoms with E-state index in [0.29, 0.717) is 0 Å². The molecule has 0 aliphatic heterocycles. The van der Waals surface area contributed by atoms with E-state index in [0.717, 1.165) is 25.3 Å². The van der Waals surface area contributed by atoms with E-state index >= 15 is 0 Å². The third kappa shape index (κ3) is 8.74. The maximum atomic E-state index is 12.0. The highest BCUT2D eigenvalue weighted by molar-refractivity contribution is 5.89. The lowest BCUT2D eigenvalue weighted by atomic mass is 9.98. The summed E-state index contributed by atoms with van der Waals surface area (Å²) in [4.78, 5) is 28.3. The quantitative estimate of drug-likeness (QED) is 0.782. The molecule has 0 saturated carbocycles. The second kappa shape index (κ2) is 11.8. The number of benzene rings is 1. The summed E-state index contributed by atoms with van der Waals surface area (Å²) >= 11 is 0. The normalized spacial score (nSPS) is 15.0. The Balaban J connectivity index is 0.00000178. The first-order chi connectivity index (χ1) is 11.7. The molecular formula is C16H22O5. The summed E-state index contributed by atoms with van der Waals surface area (Å²) in [5.74, 6) is -0.978. The molecule has 0 fully saturated rings. The van der Waals surface area contributed by atoms with E-state index < -0.39 is 24.2 Å². The molecule has 0 spiro atoms. The zero-order valence-electron chi connectivity index (χ0n) is 16.1. The summed E-state index contributed by atoms with van der Waals surface area (Å²) in [6.07, 6.45) is 2.26. The third-order valence-electron chi connectivity index (χ3n) is 2.81. The van der Waals surface area contributed by atoms with Gasteiger partial charge in [-0.25, -0.2) is 4.79 Å². The van der Waals surface area contributed by atoms with Crippen LogP contribution in [-0.4, -0.2) is 29.9 Å². The van der Waals surface area contributed by atoms with Gasteiger partial charge >= 0.3 is 12.1 Å². The molecule has 0 bridgehead atoms. The Morgan fingerprint density at radius 3 is 2.67 bits per heavy atom. The topological polar surface area (TPSA) is 80.7 Å². The van der Waals surface area contributed by atoms with Gasteiger partial charge in [-0.15, -0.1) is 0 Å². The van der Waals surface area contributed by atoms with Gasteiger partial charge in [0, 0.05) is 5.92 Å². The fraction of sp³-hybridized carbons (Fsp3) is 0.500. The second-order valence-corrected chi connectivity index (χ2v) is 4.40. The monoisotopic (exact) mass is 298 g/mol. The van der Waals surface area contributed by atoms with Crippen LogP contribution in [0, 0.1) is 5.92 Å². The summed E-state index contributed by atoms with van der Waals surface area (Å²) in [7, 11) is 0. The van der Waals surface area contributed by atoms with Crippen molar-refractivity contribution in [2.45, 2.75) is 39.2 Å². The summed E-state index contributed by atoms with van der Waals surface area (Å²) in [6.45, 7) is 3.70. The van der Waals surface area contributed by atoms with E-state index in [2.05, 4.69) is 0 Å². The van der Waals surface area contributed by atoms with Gasteiger partial charge in [-0.1, -0.05) is 37.9 Å². The molecule has 21 heavy (non-hydrogen) atoms. The number of aliphatic hydroxyl groups is 1. The van der Waals surface area contributed by atoms with Crippen LogP contribution in [0.3, 0.4) is 0 Å². The van der Waals surface area contributed by atoms with Crippen molar-refractivity contribution in [3.8, 4) is 0 Å². The molecule has 0 aliphatic carbocycles. The van der Waals surface area contributed by atoms with Crippen molar-refractivity contribution >= 4 is 12.1 Å². The molecule has 0 radical (unpaired) electrons. The number of aliphatic hydroxyl groups excluding tert-OH is 1. The van der Waals surface area contributed by atoms with Crippen molar-refractivity contribution in [1.82, 2.24) is 0 Å². The maximum absolute atomic E-state index is 12.0. The molecule has 1 N–H and O–H groups in total. The average Bonchev–Trinajstić information content (AvgIpc) is 2.56. The highest BCUT2D eigenvalue weighted by Crippen LogP contribution is 2.14. The minimum atomic E-state index is -0.797. The van der Waals surface area contributed by atoms with E-state index in [-0.39, 0.29) is 36.3 Å². The number of hydrogen-bond donors (Lipinski definition) is 1. The highest BCUT2D eigenvalue weighted by Gasteiger charge is 2.17. The molecule has 1 rings (SSSR count). The number of ether oxygens (including phenoxy) is 1. The van der Waals surface area contributed by atoms with Crippen LogP contribution in [0.4, 0.5) is 0 Å². The Labute approximate surface area is 130 Å². The van der Waals surface area contributed by atoms with Crippen LogP contribution in [0.15, 0.2) is 30.2 Å². The highest BCUT2D eigenvalue weighted by atomic mass is 16.5. The molecule has 0 amide bonds. The summed E-state index contributed by atoms with van der Waals surface area (Å²) < 4.78 is 35.4. The Hall–Kier alpha value is -1.97. The molecule has 2 atom stereocenters. The zero-order chi connectivity index (χ0) is 19.6. The van der Waals surface area contributed by atoms with Gasteiger partial charge in [0.05, 0.1) is 23.8 Å². The van der Waals surface area contributed by atoms with E-state index in [4.69, 9.17) is 19.8 Å². The first-order valence-corrected chi connectivity index (χ1v) is 6.63. The maximum Gasteiger partial charge on any atom is 0.373 e. The van der Waals surface area contributed by atoms with Crippen molar-refractivity contribution in [2.24, 2.45) is 5.92 Å². The fourth-order valence-electron chi connectivity index (χ4n) is 1.58. The van der Waals surface area contributed by atoms with Crippen LogP contribution in [0.1, 0.15) is 49.0 Å². The summed E-state index contributed by atoms with van der Waals surface area (Å²) in [5.41, 5.74) is -0.189. The van der Waals surface area contributed by atoms with E-state index in [9.17, 15) is 9.90 Å². The minimum absolute atomic E-state index is 0.0270. The van der Waals surface area contributed by atoms with Crippen LogP contribution in [0.5, 0.6) is 0 Å². The number of hydrogen-bond acceptors (Lipinski definition) is 5. The van der Waals surface area contributed by atoms with Gasteiger partial charge < -0.3 is 9.84 Å². The van der Waals surface area contributed by atoms with E-state index in [1.54, 1.807) is 6.92 Å². The van der Waals surface area contributed by atoms with Gasteiger partial charge in [-0.3, -0.25) is 0 Å². The van der Waals surface area contributed by atoms with Gasteiger partial charge in [-0.05, 0) is 25.5 Å². The molecule has 5 heteroatoms. The van der Waals surface area contributed by atoms with Crippen molar-refractivity contribution in [3.05, 3.63) is 35.8 Å². The van der Waals surface area contributed by atoms with Gasteiger partial charge in [0.1, 0.15) is 0 Å². The van der Waals surface area contributed by atoms with Crippen molar-refractivity contribution in [1.29, 1.82) is 0 Å². The standard InChI is InChI=1S/C15H22O3.CO2/c1-3-4-8-14(12(2)16)11-18-15(17)13-9-6-5-7-10-13;2-1-3/h5-7,9-10,12,14,16H,3-4,8,11H2,1-2H3;/i5D,6D,7D,9D;. The average molecular weight is 298 g/mol. The second-order valence-electron chi connectivity index (χ2n) is 4.40. The smallest absolute Gasteiger partial charge is 0.373 e. The van der Waals surface area contributed by atoms with E-state index in [1.165, 1.54) is 0 Å². The first kappa shape index (κ1) is 12.7. The Morgan fingerprint density at radius 2 is 2.10 bits per heavy atom. The lowest BCUT2D eigenvalue weighted by Crippen LogP contribution is -2.24. The number of carbonyl (C=O) groups excluding carboxylic acids is 3. The Morgan fingerprint density at radius 1 is 1.43 bits per heavy atom. The Bertz CT molecular complexity index is 613. The fourth-order valence-corrected chi connectivity index (χ4v) is 1.58. The minimum Gasteiger partial charge on any atom is -0.462 e. The molecule has 1 aromatic carbocycles. The summed E-state index contributed by atoms with van der Waals surface area (Å²) in [5, 5.41) is 9.69. The molecule has 5 nitrogen and oxygen atoms in total. The third-order valence-corrected chi connectivity index (χ3v) is 2.81. The van der Waals surface area contributed by atoms with Gasteiger partial charge in [0.25, 0.3) is 0 Å². The SMILES string of the molecule is O=C=O.[2H]c1cc(C(=O)OCC(CCCC)C(C)O)c([2H])c([2H])c1[2H]. The first-order valence-electron chi connectivity index (χ1n) is 8.63. The molecular weight excluding hydrogens is 272 g/mol. The number of rotatable bonds is 7. The number of esters is 1. The molecule has 0 aliphatic rings. The molecule has 0 aromatic heterocycles. The van der Waals surface area contributed by atoms with Crippen LogP contribution >= 0.6 is 0 Å². The number of carbonyl (C=O) groups is 1. The lowest BCUT2D eigenvalue weighted by Gasteiger charge is -2.19. The molecule has 0 saturated heterocycles. The van der Waals surface area contributed by atoms with Crippen LogP contribution < -0.4 is 0 Å². The largest absolute Gasteiger partial charge is 0.462 e.